The second kappa shape index (κ2) is 9.14. The van der Waals surface area contributed by atoms with Crippen LogP contribution in [0.25, 0.3) is 6.08 Å². The lowest BCUT2D eigenvalue weighted by atomic mass is 9.87. The lowest BCUT2D eigenvalue weighted by molar-refractivity contribution is -0.385. The van der Waals surface area contributed by atoms with E-state index in [0.717, 1.165) is 30.9 Å². The van der Waals surface area contributed by atoms with Crippen LogP contribution in [-0.2, 0) is 20.7 Å². The van der Waals surface area contributed by atoms with Gasteiger partial charge in [0.25, 0.3) is 11.6 Å². The smallest absolute Gasteiger partial charge is 0.331 e. The van der Waals surface area contributed by atoms with Gasteiger partial charge in [0.05, 0.1) is 16.5 Å². The number of carbonyl (C=O) groups excluding carboxylic acids is 2. The van der Waals surface area contributed by atoms with Crippen molar-refractivity contribution >= 4 is 23.6 Å². The molecule has 0 bridgehead atoms. The summed E-state index contributed by atoms with van der Waals surface area (Å²) in [5.74, 6) is -1.12. The zero-order valence-corrected chi connectivity index (χ0v) is 16.0. The molecule has 1 aliphatic carbocycles. The van der Waals surface area contributed by atoms with E-state index < -0.39 is 17.0 Å². The monoisotopic (exact) mass is 394 g/mol. The van der Waals surface area contributed by atoms with Crippen LogP contribution >= 0.6 is 0 Å². The predicted octanol–water partition coefficient (Wildman–Crippen LogP) is 3.73. The summed E-state index contributed by atoms with van der Waals surface area (Å²) >= 11 is 0. The van der Waals surface area contributed by atoms with Gasteiger partial charge >= 0.3 is 5.97 Å². The number of rotatable bonds is 6. The van der Waals surface area contributed by atoms with E-state index in [2.05, 4.69) is 11.4 Å². The molecular formula is C22H22N2O5. The van der Waals surface area contributed by atoms with Crippen molar-refractivity contribution in [1.82, 2.24) is 5.32 Å². The number of nitrogens with zero attached hydrogens (tertiary/aromatic N) is 1. The normalized spacial score (nSPS) is 16.7. The van der Waals surface area contributed by atoms with Crippen LogP contribution < -0.4 is 5.32 Å². The van der Waals surface area contributed by atoms with Gasteiger partial charge in [-0.05, 0) is 49.5 Å². The molecule has 0 heterocycles. The topological polar surface area (TPSA) is 98.5 Å². The molecule has 2 aromatic rings. The number of nitro groups is 1. The lowest BCUT2D eigenvalue weighted by Crippen LogP contribution is -2.39. The molecule has 7 nitrogen and oxygen atoms in total. The maximum absolute atomic E-state index is 12.5. The van der Waals surface area contributed by atoms with Gasteiger partial charge in [0.15, 0.2) is 6.10 Å². The van der Waals surface area contributed by atoms with Gasteiger partial charge in [-0.2, -0.15) is 0 Å². The van der Waals surface area contributed by atoms with E-state index in [9.17, 15) is 19.7 Å². The SMILES string of the molecule is C[C@H](OC(=O)/C=C/c1ccccc1[N+](=O)[O-])C(=O)N[C@@H]1CCCc2ccccc21. The predicted molar refractivity (Wildman–Crippen MR) is 108 cm³/mol. The van der Waals surface area contributed by atoms with Crippen LogP contribution in [0.5, 0.6) is 0 Å². The Bertz CT molecular complexity index is 954. The van der Waals surface area contributed by atoms with Gasteiger partial charge in [-0.1, -0.05) is 36.4 Å². The molecule has 0 fully saturated rings. The van der Waals surface area contributed by atoms with Crippen LogP contribution in [-0.4, -0.2) is 22.9 Å². The Kier molecular flexibility index (Phi) is 6.39. The van der Waals surface area contributed by atoms with E-state index in [-0.39, 0.29) is 23.2 Å². The Balaban J connectivity index is 1.59. The number of nitrogens with one attached hydrogen (secondary N) is 1. The second-order valence-corrected chi connectivity index (χ2v) is 6.88. The Hall–Kier alpha value is -3.48. The summed E-state index contributed by atoms with van der Waals surface area (Å²) in [5.41, 5.74) is 2.49. The van der Waals surface area contributed by atoms with E-state index >= 15 is 0 Å². The van der Waals surface area contributed by atoms with Crippen molar-refractivity contribution in [2.45, 2.75) is 38.3 Å². The first-order valence-corrected chi connectivity index (χ1v) is 9.46. The van der Waals surface area contributed by atoms with E-state index in [4.69, 9.17) is 4.74 Å². The number of nitro benzene ring substituents is 1. The molecule has 2 atom stereocenters. The van der Waals surface area contributed by atoms with Gasteiger partial charge in [-0.3, -0.25) is 14.9 Å². The largest absolute Gasteiger partial charge is 0.449 e. The number of benzene rings is 2. The van der Waals surface area contributed by atoms with Crippen molar-refractivity contribution in [2.75, 3.05) is 0 Å². The first kappa shape index (κ1) is 20.3. The Morgan fingerprint density at radius 2 is 1.93 bits per heavy atom. The first-order valence-electron chi connectivity index (χ1n) is 9.46. The third-order valence-electron chi connectivity index (χ3n) is 4.88. The molecule has 0 aliphatic heterocycles. The van der Waals surface area contributed by atoms with Crippen molar-refractivity contribution in [3.05, 3.63) is 81.4 Å². The molecule has 2 aromatic carbocycles. The molecule has 3 rings (SSSR count). The lowest BCUT2D eigenvalue weighted by Gasteiger charge is -2.27. The summed E-state index contributed by atoms with van der Waals surface area (Å²) in [6.45, 7) is 1.50. The van der Waals surface area contributed by atoms with E-state index in [1.165, 1.54) is 30.7 Å². The number of para-hydroxylation sites is 1. The van der Waals surface area contributed by atoms with Crippen LogP contribution in [0, 0.1) is 10.1 Å². The van der Waals surface area contributed by atoms with Crippen molar-refractivity contribution in [3.63, 3.8) is 0 Å². The Morgan fingerprint density at radius 3 is 2.72 bits per heavy atom. The van der Waals surface area contributed by atoms with E-state index in [1.807, 2.05) is 18.2 Å². The standard InChI is InChI=1S/C22H22N2O5/c1-15(22(26)23-19-11-6-9-16-7-2-4-10-18(16)19)29-21(25)14-13-17-8-3-5-12-20(17)24(27)28/h2-5,7-8,10,12-15,19H,6,9,11H2,1H3,(H,23,26)/b14-13+/t15-,19+/m0/s1. The Morgan fingerprint density at radius 1 is 1.21 bits per heavy atom. The number of carbonyl (C=O) groups is 2. The zero-order chi connectivity index (χ0) is 20.8. The quantitative estimate of drug-likeness (QED) is 0.348. The molecule has 0 saturated heterocycles. The summed E-state index contributed by atoms with van der Waals surface area (Å²) in [7, 11) is 0. The average Bonchev–Trinajstić information content (AvgIpc) is 2.72. The number of hydrogen-bond acceptors (Lipinski definition) is 5. The van der Waals surface area contributed by atoms with Gasteiger partial charge in [0, 0.05) is 12.1 Å². The minimum absolute atomic E-state index is 0.101. The molecule has 0 radical (unpaired) electrons. The summed E-state index contributed by atoms with van der Waals surface area (Å²) < 4.78 is 5.16. The van der Waals surface area contributed by atoms with Crippen LogP contribution in [0.4, 0.5) is 5.69 Å². The first-order chi connectivity index (χ1) is 14.0. The molecule has 1 amide bonds. The van der Waals surface area contributed by atoms with Gasteiger partial charge < -0.3 is 10.1 Å². The van der Waals surface area contributed by atoms with Crippen LogP contribution in [0.15, 0.2) is 54.6 Å². The molecule has 29 heavy (non-hydrogen) atoms. The fraction of sp³-hybridized carbons (Fsp3) is 0.273. The number of fused-ring (bicyclic) bond motifs is 1. The maximum Gasteiger partial charge on any atom is 0.331 e. The number of ether oxygens (including phenoxy) is 1. The number of amides is 1. The molecule has 7 heteroatoms. The summed E-state index contributed by atoms with van der Waals surface area (Å²) in [6, 6.07) is 13.9. The fourth-order valence-corrected chi connectivity index (χ4v) is 3.41. The zero-order valence-electron chi connectivity index (χ0n) is 16.0. The highest BCUT2D eigenvalue weighted by Gasteiger charge is 2.25. The van der Waals surface area contributed by atoms with E-state index in [1.54, 1.807) is 12.1 Å². The number of aryl methyl sites for hydroxylation is 1. The average molecular weight is 394 g/mol. The van der Waals surface area contributed by atoms with Crippen LogP contribution in [0.2, 0.25) is 0 Å². The van der Waals surface area contributed by atoms with Crippen molar-refractivity contribution < 1.29 is 19.2 Å². The molecule has 0 aromatic heterocycles. The molecule has 0 unspecified atom stereocenters. The highest BCUT2D eigenvalue weighted by Crippen LogP contribution is 2.29. The van der Waals surface area contributed by atoms with Gasteiger partial charge in [0.2, 0.25) is 0 Å². The van der Waals surface area contributed by atoms with E-state index in [0.29, 0.717) is 0 Å². The number of hydrogen-bond donors (Lipinski definition) is 1. The van der Waals surface area contributed by atoms with Crippen molar-refractivity contribution in [1.29, 1.82) is 0 Å². The van der Waals surface area contributed by atoms with Gasteiger partial charge in [-0.15, -0.1) is 0 Å². The third-order valence-corrected chi connectivity index (χ3v) is 4.88. The van der Waals surface area contributed by atoms with Gasteiger partial charge in [0.1, 0.15) is 0 Å². The minimum atomic E-state index is -0.980. The number of esters is 1. The molecule has 150 valence electrons. The highest BCUT2D eigenvalue weighted by atomic mass is 16.6. The van der Waals surface area contributed by atoms with Crippen molar-refractivity contribution in [3.8, 4) is 0 Å². The third kappa shape index (κ3) is 5.07. The maximum atomic E-state index is 12.5. The molecule has 0 saturated carbocycles. The molecule has 1 N–H and O–H groups in total. The van der Waals surface area contributed by atoms with Crippen LogP contribution in [0.3, 0.4) is 0 Å². The molecular weight excluding hydrogens is 372 g/mol. The molecule has 1 aliphatic rings. The highest BCUT2D eigenvalue weighted by molar-refractivity contribution is 5.91. The summed E-state index contributed by atoms with van der Waals surface area (Å²) in [5, 5.41) is 14.0. The second-order valence-electron chi connectivity index (χ2n) is 6.88. The van der Waals surface area contributed by atoms with Crippen LogP contribution in [0.1, 0.15) is 42.5 Å². The summed E-state index contributed by atoms with van der Waals surface area (Å²) in [6.07, 6.45) is 4.22. The minimum Gasteiger partial charge on any atom is -0.449 e. The van der Waals surface area contributed by atoms with Crippen molar-refractivity contribution in [2.24, 2.45) is 0 Å². The molecule has 0 spiro atoms. The fourth-order valence-electron chi connectivity index (χ4n) is 3.41. The Labute approximate surface area is 168 Å². The van der Waals surface area contributed by atoms with Gasteiger partial charge in [-0.25, -0.2) is 4.79 Å². The summed E-state index contributed by atoms with van der Waals surface area (Å²) in [4.78, 5) is 35.0.